The van der Waals surface area contributed by atoms with Crippen LogP contribution in [0.15, 0.2) is 24.3 Å². The molecule has 0 radical (unpaired) electrons. The lowest BCUT2D eigenvalue weighted by Crippen LogP contribution is -2.46. The van der Waals surface area contributed by atoms with Crippen LogP contribution in [-0.4, -0.2) is 59.9 Å². The van der Waals surface area contributed by atoms with Crippen LogP contribution in [0.2, 0.25) is 0 Å². The number of nitrogens with zero attached hydrogens (tertiary/aromatic N) is 2. The number of piperidine rings is 1. The second kappa shape index (κ2) is 9.29. The van der Waals surface area contributed by atoms with Gasteiger partial charge in [-0.15, -0.1) is 0 Å². The van der Waals surface area contributed by atoms with E-state index in [1.807, 2.05) is 49.9 Å². The quantitative estimate of drug-likeness (QED) is 0.797. The molecule has 0 aromatic heterocycles. The lowest BCUT2D eigenvalue weighted by Gasteiger charge is -2.34. The molecular weight excluding hydrogens is 368 g/mol. The molecule has 0 bridgehead atoms. The van der Waals surface area contributed by atoms with E-state index in [0.29, 0.717) is 26.1 Å². The second-order valence-electron chi connectivity index (χ2n) is 8.53. The van der Waals surface area contributed by atoms with E-state index >= 15 is 0 Å². The van der Waals surface area contributed by atoms with Gasteiger partial charge in [0, 0.05) is 44.3 Å². The third kappa shape index (κ3) is 5.49. The highest BCUT2D eigenvalue weighted by Gasteiger charge is 2.38. The van der Waals surface area contributed by atoms with Crippen LogP contribution in [0.4, 0.5) is 10.5 Å². The Hall–Kier alpha value is -2.57. The molecule has 2 N–H and O–H groups in total. The molecule has 1 aromatic rings. The molecule has 7 nitrogen and oxygen atoms in total. The fourth-order valence-electron chi connectivity index (χ4n) is 4.14. The highest BCUT2D eigenvalue weighted by atomic mass is 16.2. The van der Waals surface area contributed by atoms with Crippen LogP contribution >= 0.6 is 0 Å². The topological polar surface area (TPSA) is 81.8 Å². The number of benzene rings is 1. The lowest BCUT2D eigenvalue weighted by molar-refractivity contribution is -0.137. The van der Waals surface area contributed by atoms with Crippen molar-refractivity contribution in [1.29, 1.82) is 0 Å². The van der Waals surface area contributed by atoms with Gasteiger partial charge >= 0.3 is 6.03 Å². The fourth-order valence-corrected chi connectivity index (χ4v) is 4.14. The van der Waals surface area contributed by atoms with Gasteiger partial charge in [-0.1, -0.05) is 17.7 Å². The first-order valence-electron chi connectivity index (χ1n) is 10.5. The summed E-state index contributed by atoms with van der Waals surface area (Å²) in [6.45, 7) is 8.38. The van der Waals surface area contributed by atoms with Crippen molar-refractivity contribution in [2.24, 2.45) is 11.8 Å². The van der Waals surface area contributed by atoms with Gasteiger partial charge < -0.3 is 20.4 Å². The van der Waals surface area contributed by atoms with Gasteiger partial charge in [-0.3, -0.25) is 9.59 Å². The zero-order valence-electron chi connectivity index (χ0n) is 17.6. The zero-order chi connectivity index (χ0) is 21.0. The summed E-state index contributed by atoms with van der Waals surface area (Å²) < 4.78 is 0. The number of nitrogens with one attached hydrogen (secondary N) is 2. The van der Waals surface area contributed by atoms with Crippen molar-refractivity contribution < 1.29 is 14.4 Å². The molecule has 2 fully saturated rings. The molecule has 158 valence electrons. The smallest absolute Gasteiger partial charge is 0.319 e. The predicted octanol–water partition coefficient (Wildman–Crippen LogP) is 2.61. The zero-order valence-corrected chi connectivity index (χ0v) is 17.6. The molecule has 0 saturated carbocycles. The highest BCUT2D eigenvalue weighted by molar-refractivity contribution is 5.90. The van der Waals surface area contributed by atoms with Crippen LogP contribution in [-0.2, 0) is 9.59 Å². The third-order valence-electron chi connectivity index (χ3n) is 5.82. The summed E-state index contributed by atoms with van der Waals surface area (Å²) in [5, 5.41) is 5.76. The van der Waals surface area contributed by atoms with Gasteiger partial charge in [-0.25, -0.2) is 4.79 Å². The van der Waals surface area contributed by atoms with E-state index in [2.05, 4.69) is 10.6 Å². The van der Waals surface area contributed by atoms with E-state index in [1.165, 1.54) is 0 Å². The summed E-state index contributed by atoms with van der Waals surface area (Å²) in [5.41, 5.74) is 1.90. The Labute approximate surface area is 172 Å². The number of likely N-dealkylation sites (tertiary alicyclic amines) is 2. The Bertz CT molecular complexity index is 747. The van der Waals surface area contributed by atoms with Crippen molar-refractivity contribution in [2.75, 3.05) is 31.5 Å². The minimum atomic E-state index is -0.235. The van der Waals surface area contributed by atoms with Crippen molar-refractivity contribution in [2.45, 2.75) is 46.1 Å². The summed E-state index contributed by atoms with van der Waals surface area (Å²) >= 11 is 0. The number of hydrogen-bond donors (Lipinski definition) is 2. The minimum absolute atomic E-state index is 0.0707. The third-order valence-corrected chi connectivity index (χ3v) is 5.82. The van der Waals surface area contributed by atoms with Crippen molar-refractivity contribution in [1.82, 2.24) is 15.1 Å². The second-order valence-corrected chi connectivity index (χ2v) is 8.53. The van der Waals surface area contributed by atoms with E-state index in [4.69, 9.17) is 0 Å². The molecular formula is C22H32N4O3. The van der Waals surface area contributed by atoms with Gasteiger partial charge in [0.2, 0.25) is 11.8 Å². The molecule has 0 aliphatic carbocycles. The fraction of sp³-hybridized carbons (Fsp3) is 0.591. The van der Waals surface area contributed by atoms with Gasteiger partial charge in [0.1, 0.15) is 0 Å². The Morgan fingerprint density at radius 1 is 1.17 bits per heavy atom. The first-order chi connectivity index (χ1) is 13.8. The van der Waals surface area contributed by atoms with Crippen molar-refractivity contribution in [3.63, 3.8) is 0 Å². The first-order valence-corrected chi connectivity index (χ1v) is 10.5. The Kier molecular flexibility index (Phi) is 6.77. The molecule has 2 unspecified atom stereocenters. The van der Waals surface area contributed by atoms with E-state index < -0.39 is 0 Å². The largest absolute Gasteiger partial charge is 0.342 e. The highest BCUT2D eigenvalue weighted by Crippen LogP contribution is 2.25. The number of rotatable bonds is 5. The molecule has 29 heavy (non-hydrogen) atoms. The number of carbonyl (C=O) groups excluding carboxylic acids is 3. The minimum Gasteiger partial charge on any atom is -0.342 e. The molecule has 2 heterocycles. The van der Waals surface area contributed by atoms with Gasteiger partial charge in [-0.2, -0.15) is 0 Å². The van der Waals surface area contributed by atoms with E-state index in [-0.39, 0.29) is 35.7 Å². The summed E-state index contributed by atoms with van der Waals surface area (Å²) in [6, 6.07) is 7.55. The molecule has 2 saturated heterocycles. The standard InChI is InChI=1S/C22H32N4O3/c1-15(2)26-14-18(11-20(26)27)21(28)25-10-4-5-17(13-25)12-23-22(29)24-19-8-6-16(3)7-9-19/h6-9,15,17-18H,4-5,10-14H2,1-3H3,(H2,23,24,29). The molecule has 1 aromatic carbocycles. The number of anilines is 1. The monoisotopic (exact) mass is 400 g/mol. The van der Waals surface area contributed by atoms with Crippen LogP contribution in [0.25, 0.3) is 0 Å². The van der Waals surface area contributed by atoms with Crippen LogP contribution in [0.5, 0.6) is 0 Å². The Morgan fingerprint density at radius 3 is 2.55 bits per heavy atom. The molecule has 2 aliphatic rings. The van der Waals surface area contributed by atoms with E-state index in [9.17, 15) is 14.4 Å². The summed E-state index contributed by atoms with van der Waals surface area (Å²) in [5.74, 6) is 0.146. The van der Waals surface area contributed by atoms with E-state index in [1.54, 1.807) is 4.90 Å². The lowest BCUT2D eigenvalue weighted by atomic mass is 9.96. The van der Waals surface area contributed by atoms with Gasteiger partial charge in [0.25, 0.3) is 0 Å². The van der Waals surface area contributed by atoms with Crippen LogP contribution < -0.4 is 10.6 Å². The number of urea groups is 1. The Balaban J connectivity index is 1.46. The van der Waals surface area contributed by atoms with Crippen LogP contribution in [0.1, 0.15) is 38.7 Å². The summed E-state index contributed by atoms with van der Waals surface area (Å²) in [6.07, 6.45) is 2.22. The summed E-state index contributed by atoms with van der Waals surface area (Å²) in [4.78, 5) is 40.9. The van der Waals surface area contributed by atoms with Gasteiger partial charge in [-0.05, 0) is 51.7 Å². The molecule has 2 atom stereocenters. The van der Waals surface area contributed by atoms with E-state index in [0.717, 1.165) is 30.6 Å². The maximum Gasteiger partial charge on any atom is 0.319 e. The number of aryl methyl sites for hydroxylation is 1. The van der Waals surface area contributed by atoms with Crippen molar-refractivity contribution in [3.8, 4) is 0 Å². The van der Waals surface area contributed by atoms with Crippen molar-refractivity contribution >= 4 is 23.5 Å². The number of amides is 4. The normalized spacial score (nSPS) is 22.1. The van der Waals surface area contributed by atoms with Crippen LogP contribution in [0, 0.1) is 18.8 Å². The molecule has 2 aliphatic heterocycles. The first kappa shape index (κ1) is 21.1. The number of carbonyl (C=O) groups is 3. The maximum atomic E-state index is 12.9. The molecule has 4 amide bonds. The Morgan fingerprint density at radius 2 is 1.90 bits per heavy atom. The van der Waals surface area contributed by atoms with Crippen LogP contribution in [0.3, 0.4) is 0 Å². The average Bonchev–Trinajstić information content (AvgIpc) is 3.10. The van der Waals surface area contributed by atoms with Gasteiger partial charge in [0.15, 0.2) is 0 Å². The van der Waals surface area contributed by atoms with Gasteiger partial charge in [0.05, 0.1) is 5.92 Å². The maximum absolute atomic E-state index is 12.9. The molecule has 3 rings (SSSR count). The predicted molar refractivity (Wildman–Crippen MR) is 112 cm³/mol. The number of hydrogen-bond acceptors (Lipinski definition) is 3. The molecule has 7 heteroatoms. The SMILES string of the molecule is Cc1ccc(NC(=O)NCC2CCCN(C(=O)C3CC(=O)N(C(C)C)C3)C2)cc1. The average molecular weight is 401 g/mol. The summed E-state index contributed by atoms with van der Waals surface area (Å²) in [7, 11) is 0. The molecule has 0 spiro atoms. The van der Waals surface area contributed by atoms with Crippen molar-refractivity contribution in [3.05, 3.63) is 29.8 Å².